The van der Waals surface area contributed by atoms with E-state index in [9.17, 15) is 4.39 Å². The van der Waals surface area contributed by atoms with Crippen molar-refractivity contribution in [1.82, 2.24) is 0 Å². The summed E-state index contributed by atoms with van der Waals surface area (Å²) in [5.41, 5.74) is 0.778. The average Bonchev–Trinajstić information content (AvgIpc) is 2.62. The van der Waals surface area contributed by atoms with E-state index in [0.717, 1.165) is 10.3 Å². The molecule has 0 saturated carbocycles. The molecular formula is C10H5FINS. The van der Waals surface area contributed by atoms with Crippen molar-refractivity contribution >= 4 is 44.0 Å². The third-order valence-electron chi connectivity index (χ3n) is 1.98. The molecule has 1 aromatic heterocycles. The minimum Gasteiger partial charge on any atom is -0.205 e. The van der Waals surface area contributed by atoms with Gasteiger partial charge in [-0.1, -0.05) is 0 Å². The van der Waals surface area contributed by atoms with E-state index in [1.54, 1.807) is 6.07 Å². The molecule has 1 aromatic carbocycles. The lowest BCUT2D eigenvalue weighted by Crippen LogP contribution is -1.91. The highest BCUT2D eigenvalue weighted by Crippen LogP contribution is 2.29. The lowest BCUT2D eigenvalue weighted by atomic mass is 10.1. The van der Waals surface area contributed by atoms with Gasteiger partial charge in [0.1, 0.15) is 5.82 Å². The minimum atomic E-state index is -0.199. The van der Waals surface area contributed by atoms with Crippen LogP contribution in [0.2, 0.25) is 0 Å². The zero-order valence-corrected chi connectivity index (χ0v) is 10.0. The van der Waals surface area contributed by atoms with Crippen molar-refractivity contribution in [1.29, 1.82) is 5.26 Å². The molecule has 0 unspecified atom stereocenters. The number of thiophene rings is 1. The summed E-state index contributed by atoms with van der Waals surface area (Å²) in [5, 5.41) is 11.1. The lowest BCUT2D eigenvalue weighted by Gasteiger charge is -2.02. The number of fused-ring (bicyclic) bond motifs is 1. The zero-order chi connectivity index (χ0) is 10.1. The molecule has 0 spiro atoms. The monoisotopic (exact) mass is 317 g/mol. The minimum absolute atomic E-state index is 0.199. The van der Waals surface area contributed by atoms with Gasteiger partial charge in [-0.3, -0.25) is 0 Å². The third-order valence-corrected chi connectivity index (χ3v) is 4.01. The summed E-state index contributed by atoms with van der Waals surface area (Å²) in [6.07, 6.45) is 0.267. The van der Waals surface area contributed by atoms with Crippen molar-refractivity contribution in [2.75, 3.05) is 0 Å². The lowest BCUT2D eigenvalue weighted by molar-refractivity contribution is 0.631. The Balaban J connectivity index is 2.75. The first-order valence-electron chi connectivity index (χ1n) is 3.95. The van der Waals surface area contributed by atoms with Crippen LogP contribution in [0.25, 0.3) is 10.1 Å². The molecule has 70 valence electrons. The van der Waals surface area contributed by atoms with E-state index in [4.69, 9.17) is 5.26 Å². The predicted octanol–water partition coefficient (Wildman–Crippen LogP) is 3.71. The third kappa shape index (κ3) is 1.51. The molecule has 0 atom stereocenters. The van der Waals surface area contributed by atoms with Crippen molar-refractivity contribution in [2.45, 2.75) is 6.42 Å². The summed E-state index contributed by atoms with van der Waals surface area (Å²) >= 11 is 3.45. The maximum absolute atomic E-state index is 13.7. The Labute approximate surface area is 98.3 Å². The highest BCUT2D eigenvalue weighted by atomic mass is 127. The first kappa shape index (κ1) is 9.87. The van der Waals surface area contributed by atoms with Gasteiger partial charge in [-0.05, 0) is 45.7 Å². The first-order chi connectivity index (χ1) is 6.74. The maximum atomic E-state index is 13.7. The van der Waals surface area contributed by atoms with Crippen LogP contribution in [0.5, 0.6) is 0 Å². The molecule has 0 fully saturated rings. The van der Waals surface area contributed by atoms with Crippen molar-refractivity contribution in [3.05, 3.63) is 32.5 Å². The normalized spacial score (nSPS) is 10.4. The van der Waals surface area contributed by atoms with Crippen LogP contribution < -0.4 is 0 Å². The van der Waals surface area contributed by atoms with Crippen LogP contribution in [-0.4, -0.2) is 0 Å². The molecule has 0 aliphatic heterocycles. The Kier molecular flexibility index (Phi) is 2.70. The molecule has 1 heterocycles. The van der Waals surface area contributed by atoms with Gasteiger partial charge in [0.25, 0.3) is 0 Å². The van der Waals surface area contributed by atoms with Crippen molar-refractivity contribution < 1.29 is 4.39 Å². The van der Waals surface area contributed by atoms with Crippen LogP contribution in [0.1, 0.15) is 5.56 Å². The standard InChI is InChI=1S/C10H5FINS/c11-9-7-2-4-14-8(7)5-6(1-3-13)10(9)12/h2,4-5H,1H2. The molecule has 14 heavy (non-hydrogen) atoms. The predicted molar refractivity (Wildman–Crippen MR) is 63.8 cm³/mol. The van der Waals surface area contributed by atoms with Crippen molar-refractivity contribution in [3.8, 4) is 6.07 Å². The molecule has 0 amide bonds. The number of nitrogens with zero attached hydrogens (tertiary/aromatic N) is 1. The molecule has 0 bridgehead atoms. The Hall–Kier alpha value is -0.670. The van der Waals surface area contributed by atoms with E-state index < -0.39 is 0 Å². The molecule has 0 radical (unpaired) electrons. The molecule has 0 saturated heterocycles. The van der Waals surface area contributed by atoms with Gasteiger partial charge in [-0.2, -0.15) is 5.26 Å². The Morgan fingerprint density at radius 3 is 3.07 bits per heavy atom. The quantitative estimate of drug-likeness (QED) is 0.736. The zero-order valence-electron chi connectivity index (χ0n) is 7.05. The second-order valence-corrected chi connectivity index (χ2v) is 4.86. The summed E-state index contributed by atoms with van der Waals surface area (Å²) in [7, 11) is 0. The first-order valence-corrected chi connectivity index (χ1v) is 5.91. The van der Waals surface area contributed by atoms with Gasteiger partial charge in [0, 0.05) is 10.1 Å². The van der Waals surface area contributed by atoms with Crippen LogP contribution in [-0.2, 0) is 6.42 Å². The van der Waals surface area contributed by atoms with E-state index in [-0.39, 0.29) is 12.2 Å². The van der Waals surface area contributed by atoms with Gasteiger partial charge in [0.15, 0.2) is 0 Å². The smallest absolute Gasteiger partial charge is 0.145 e. The number of halogens is 2. The Morgan fingerprint density at radius 1 is 1.57 bits per heavy atom. The fourth-order valence-corrected chi connectivity index (χ4v) is 2.79. The summed E-state index contributed by atoms with van der Waals surface area (Å²) < 4.78 is 15.2. The second-order valence-electron chi connectivity index (χ2n) is 2.83. The highest BCUT2D eigenvalue weighted by molar-refractivity contribution is 14.1. The van der Waals surface area contributed by atoms with Gasteiger partial charge in [-0.25, -0.2) is 4.39 Å². The number of benzene rings is 1. The summed E-state index contributed by atoms with van der Waals surface area (Å²) in [6, 6.07) is 5.71. The van der Waals surface area contributed by atoms with E-state index in [2.05, 4.69) is 0 Å². The van der Waals surface area contributed by atoms with Gasteiger partial charge in [0.2, 0.25) is 0 Å². The number of rotatable bonds is 1. The molecule has 1 nitrogen and oxygen atoms in total. The second kappa shape index (κ2) is 3.83. The molecule has 4 heteroatoms. The van der Waals surface area contributed by atoms with E-state index >= 15 is 0 Å². The van der Waals surface area contributed by atoms with Gasteiger partial charge >= 0.3 is 0 Å². The Bertz CT molecular complexity index is 527. The maximum Gasteiger partial charge on any atom is 0.145 e. The summed E-state index contributed by atoms with van der Waals surface area (Å²) in [5.74, 6) is -0.199. The van der Waals surface area contributed by atoms with Crippen LogP contribution in [0.4, 0.5) is 4.39 Å². The van der Waals surface area contributed by atoms with Crippen molar-refractivity contribution in [3.63, 3.8) is 0 Å². The van der Waals surface area contributed by atoms with Crippen LogP contribution in [0, 0.1) is 20.7 Å². The number of hydrogen-bond acceptors (Lipinski definition) is 2. The molecule has 0 N–H and O–H groups in total. The molecule has 2 aromatic rings. The fourth-order valence-electron chi connectivity index (χ4n) is 1.31. The SMILES string of the molecule is N#CCc1cc2sccc2c(F)c1I. The summed E-state index contributed by atoms with van der Waals surface area (Å²) in [4.78, 5) is 0. The van der Waals surface area contributed by atoms with Crippen LogP contribution in [0.3, 0.4) is 0 Å². The molecule has 0 aliphatic rings. The molecule has 2 rings (SSSR count). The van der Waals surface area contributed by atoms with Crippen molar-refractivity contribution in [2.24, 2.45) is 0 Å². The topological polar surface area (TPSA) is 23.8 Å². The number of nitriles is 1. The fraction of sp³-hybridized carbons (Fsp3) is 0.100. The van der Waals surface area contributed by atoms with E-state index in [1.807, 2.05) is 40.1 Å². The van der Waals surface area contributed by atoms with E-state index in [1.165, 1.54) is 11.3 Å². The highest BCUT2D eigenvalue weighted by Gasteiger charge is 2.11. The number of hydrogen-bond donors (Lipinski definition) is 0. The molecule has 0 aliphatic carbocycles. The largest absolute Gasteiger partial charge is 0.205 e. The van der Waals surface area contributed by atoms with E-state index in [0.29, 0.717) is 8.96 Å². The van der Waals surface area contributed by atoms with Crippen LogP contribution in [0.15, 0.2) is 17.5 Å². The van der Waals surface area contributed by atoms with Gasteiger partial charge in [-0.15, -0.1) is 11.3 Å². The van der Waals surface area contributed by atoms with Gasteiger partial charge in [0.05, 0.1) is 16.1 Å². The molecular weight excluding hydrogens is 312 g/mol. The average molecular weight is 317 g/mol. The van der Waals surface area contributed by atoms with Crippen LogP contribution >= 0.6 is 33.9 Å². The Morgan fingerprint density at radius 2 is 2.36 bits per heavy atom. The van der Waals surface area contributed by atoms with Gasteiger partial charge < -0.3 is 0 Å². The summed E-state index contributed by atoms with van der Waals surface area (Å²) in [6.45, 7) is 0.